The van der Waals surface area contributed by atoms with Gasteiger partial charge in [0.1, 0.15) is 0 Å². The van der Waals surface area contributed by atoms with Gasteiger partial charge in [0, 0.05) is 5.70 Å². The number of urea groups is 1. The lowest BCUT2D eigenvalue weighted by molar-refractivity contribution is -0.141. The molecule has 7 nitrogen and oxygen atoms in total. The Morgan fingerprint density at radius 3 is 2.61 bits per heavy atom. The van der Waals surface area contributed by atoms with Crippen LogP contribution in [-0.4, -0.2) is 28.8 Å². The predicted molar refractivity (Wildman–Crippen MR) is 104 cm³/mol. The molecule has 152 valence electrons. The number of ether oxygens (including phenoxy) is 1. The first-order valence-corrected chi connectivity index (χ1v) is 9.97. The molecule has 2 amide bonds. The Kier molecular flexibility index (Phi) is 6.34. The molecule has 1 saturated carbocycles. The molecule has 0 aromatic heterocycles. The summed E-state index contributed by atoms with van der Waals surface area (Å²) in [7, 11) is 0. The van der Waals surface area contributed by atoms with Crippen LogP contribution in [0.5, 0.6) is 11.5 Å². The molecule has 0 saturated heterocycles. The zero-order valence-corrected chi connectivity index (χ0v) is 16.5. The summed E-state index contributed by atoms with van der Waals surface area (Å²) in [6.07, 6.45) is 6.04. The van der Waals surface area contributed by atoms with Gasteiger partial charge in [-0.25, -0.2) is 9.59 Å². The number of allylic oxidation sites excluding steroid dienone is 1. The smallest absolute Gasteiger partial charge is 0.338 e. The first-order chi connectivity index (χ1) is 13.4. The average Bonchev–Trinajstić information content (AvgIpc) is 2.69. The third kappa shape index (κ3) is 4.35. The first kappa shape index (κ1) is 20.3. The van der Waals surface area contributed by atoms with E-state index in [2.05, 4.69) is 10.6 Å². The standard InChI is InChI=1S/C20H25ClN2O5/c1-2-14-16(19(26)28-10-11-6-4-3-5-7-11)17(23-20(27)22-14)12-8-13(21)18(25)15(24)9-12/h8-9,11,17,24-25H,2-7,10H2,1H3,(H2,22,23,27). The van der Waals surface area contributed by atoms with Crippen molar-refractivity contribution in [2.45, 2.75) is 51.5 Å². The van der Waals surface area contributed by atoms with Crippen molar-refractivity contribution in [2.75, 3.05) is 6.61 Å². The monoisotopic (exact) mass is 408 g/mol. The molecule has 0 bridgehead atoms. The van der Waals surface area contributed by atoms with Gasteiger partial charge in [0.15, 0.2) is 11.5 Å². The summed E-state index contributed by atoms with van der Waals surface area (Å²) in [4.78, 5) is 25.0. The summed E-state index contributed by atoms with van der Waals surface area (Å²) >= 11 is 5.96. The van der Waals surface area contributed by atoms with Gasteiger partial charge in [-0.1, -0.05) is 37.8 Å². The number of hydrogen-bond acceptors (Lipinski definition) is 5. The van der Waals surface area contributed by atoms with Crippen molar-refractivity contribution in [2.24, 2.45) is 5.92 Å². The van der Waals surface area contributed by atoms with E-state index in [1.54, 1.807) is 0 Å². The molecule has 4 N–H and O–H groups in total. The number of phenolic OH excluding ortho intramolecular Hbond substituents is 2. The van der Waals surface area contributed by atoms with Gasteiger partial charge >= 0.3 is 12.0 Å². The van der Waals surface area contributed by atoms with Crippen molar-refractivity contribution in [1.82, 2.24) is 10.6 Å². The lowest BCUT2D eigenvalue weighted by atomic mass is 9.90. The fourth-order valence-corrected chi connectivity index (χ4v) is 4.01. The summed E-state index contributed by atoms with van der Waals surface area (Å²) in [5, 5.41) is 24.9. The molecule has 2 aliphatic rings. The molecule has 0 spiro atoms. The minimum atomic E-state index is -0.841. The zero-order chi connectivity index (χ0) is 20.3. The molecule has 1 heterocycles. The fraction of sp³-hybridized carbons (Fsp3) is 0.500. The quantitative estimate of drug-likeness (QED) is 0.436. The topological polar surface area (TPSA) is 108 Å². The van der Waals surface area contributed by atoms with Crippen molar-refractivity contribution in [3.05, 3.63) is 34.0 Å². The molecule has 1 unspecified atom stereocenters. The van der Waals surface area contributed by atoms with E-state index in [0.717, 1.165) is 25.7 Å². The summed E-state index contributed by atoms with van der Waals surface area (Å²) < 4.78 is 5.59. The number of benzene rings is 1. The van der Waals surface area contributed by atoms with Crippen LogP contribution in [0.2, 0.25) is 5.02 Å². The Labute approximate surface area is 168 Å². The zero-order valence-electron chi connectivity index (χ0n) is 15.8. The SMILES string of the molecule is CCC1=C(C(=O)OCC2CCCCC2)C(c2cc(O)c(O)c(Cl)c2)NC(=O)N1. The van der Waals surface area contributed by atoms with E-state index in [1.165, 1.54) is 18.6 Å². The number of halogens is 1. The fourth-order valence-electron chi connectivity index (χ4n) is 3.78. The van der Waals surface area contributed by atoms with E-state index in [1.807, 2.05) is 6.92 Å². The number of carbonyl (C=O) groups excluding carboxylic acids is 2. The molecule has 1 atom stereocenters. The third-order valence-corrected chi connectivity index (χ3v) is 5.59. The Balaban J connectivity index is 1.88. The van der Waals surface area contributed by atoms with Gasteiger partial charge in [-0.3, -0.25) is 0 Å². The summed E-state index contributed by atoms with van der Waals surface area (Å²) in [5.41, 5.74) is 1.12. The van der Waals surface area contributed by atoms with Crippen LogP contribution in [0.25, 0.3) is 0 Å². The van der Waals surface area contributed by atoms with Crippen LogP contribution in [0, 0.1) is 5.92 Å². The van der Waals surface area contributed by atoms with Gasteiger partial charge in [0.2, 0.25) is 0 Å². The van der Waals surface area contributed by atoms with Crippen LogP contribution in [0.4, 0.5) is 4.79 Å². The number of aromatic hydroxyl groups is 2. The highest BCUT2D eigenvalue weighted by molar-refractivity contribution is 6.32. The maximum atomic E-state index is 12.9. The van der Waals surface area contributed by atoms with Gasteiger partial charge in [0.05, 0.1) is 23.2 Å². The van der Waals surface area contributed by atoms with Gasteiger partial charge in [0.25, 0.3) is 0 Å². The van der Waals surface area contributed by atoms with E-state index in [4.69, 9.17) is 16.3 Å². The second-order valence-electron chi connectivity index (χ2n) is 7.25. The molecule has 3 rings (SSSR count). The largest absolute Gasteiger partial charge is 0.504 e. The van der Waals surface area contributed by atoms with Crippen molar-refractivity contribution in [3.8, 4) is 11.5 Å². The van der Waals surface area contributed by atoms with Crippen LogP contribution in [-0.2, 0) is 9.53 Å². The highest BCUT2D eigenvalue weighted by Crippen LogP contribution is 2.39. The number of hydrogen-bond donors (Lipinski definition) is 4. The molecular formula is C20H25ClN2O5. The molecule has 8 heteroatoms. The molecule has 1 aromatic carbocycles. The Hall–Kier alpha value is -2.41. The van der Waals surface area contributed by atoms with E-state index >= 15 is 0 Å². The Morgan fingerprint density at radius 2 is 1.96 bits per heavy atom. The molecule has 0 radical (unpaired) electrons. The molecule has 1 aromatic rings. The van der Waals surface area contributed by atoms with E-state index in [-0.39, 0.29) is 10.6 Å². The number of esters is 1. The third-order valence-electron chi connectivity index (χ3n) is 5.30. The van der Waals surface area contributed by atoms with Crippen molar-refractivity contribution < 1.29 is 24.5 Å². The maximum absolute atomic E-state index is 12.9. The summed E-state index contributed by atoms with van der Waals surface area (Å²) in [5.74, 6) is -1.03. The van der Waals surface area contributed by atoms with Gasteiger partial charge in [-0.05, 0) is 42.9 Å². The van der Waals surface area contributed by atoms with Gasteiger partial charge in [-0.15, -0.1) is 0 Å². The van der Waals surface area contributed by atoms with E-state index in [0.29, 0.717) is 30.2 Å². The second-order valence-corrected chi connectivity index (χ2v) is 7.66. The molecule has 1 fully saturated rings. The van der Waals surface area contributed by atoms with Crippen LogP contribution in [0.1, 0.15) is 57.1 Å². The minimum Gasteiger partial charge on any atom is -0.504 e. The normalized spacial score (nSPS) is 20.5. The van der Waals surface area contributed by atoms with Crippen LogP contribution in [0.3, 0.4) is 0 Å². The summed E-state index contributed by atoms with van der Waals surface area (Å²) in [6.45, 7) is 2.18. The highest BCUT2D eigenvalue weighted by Gasteiger charge is 2.34. The van der Waals surface area contributed by atoms with Crippen molar-refractivity contribution >= 4 is 23.6 Å². The second kappa shape index (κ2) is 8.73. The maximum Gasteiger partial charge on any atom is 0.338 e. The number of carbonyl (C=O) groups is 2. The van der Waals surface area contributed by atoms with Crippen molar-refractivity contribution in [3.63, 3.8) is 0 Å². The van der Waals surface area contributed by atoms with E-state index in [9.17, 15) is 19.8 Å². The molecule has 1 aliphatic heterocycles. The number of rotatable bonds is 5. The Bertz CT molecular complexity index is 779. The number of phenols is 2. The highest BCUT2D eigenvalue weighted by atomic mass is 35.5. The Morgan fingerprint density at radius 1 is 1.25 bits per heavy atom. The lowest BCUT2D eigenvalue weighted by Gasteiger charge is -2.30. The van der Waals surface area contributed by atoms with Gasteiger partial charge < -0.3 is 25.6 Å². The van der Waals surface area contributed by atoms with Crippen LogP contribution >= 0.6 is 11.6 Å². The number of amides is 2. The predicted octanol–water partition coefficient (Wildman–Crippen LogP) is 3.89. The van der Waals surface area contributed by atoms with Crippen LogP contribution < -0.4 is 10.6 Å². The molecule has 1 aliphatic carbocycles. The van der Waals surface area contributed by atoms with E-state index < -0.39 is 29.5 Å². The molecular weight excluding hydrogens is 384 g/mol. The number of nitrogens with one attached hydrogen (secondary N) is 2. The minimum absolute atomic E-state index is 0.0734. The first-order valence-electron chi connectivity index (χ1n) is 9.59. The van der Waals surface area contributed by atoms with Gasteiger partial charge in [-0.2, -0.15) is 0 Å². The lowest BCUT2D eigenvalue weighted by Crippen LogP contribution is -2.46. The molecule has 28 heavy (non-hydrogen) atoms. The summed E-state index contributed by atoms with van der Waals surface area (Å²) in [6, 6.07) is 1.38. The van der Waals surface area contributed by atoms with Crippen molar-refractivity contribution in [1.29, 1.82) is 0 Å². The average molecular weight is 409 g/mol. The van der Waals surface area contributed by atoms with Crippen LogP contribution in [0.15, 0.2) is 23.4 Å².